The Bertz CT molecular complexity index is 1510. The maximum atomic E-state index is 13.9. The van der Waals surface area contributed by atoms with E-state index in [-0.39, 0.29) is 18.0 Å². The number of sulfonamides is 1. The normalized spacial score (nSPS) is 11.4. The fourth-order valence-electron chi connectivity index (χ4n) is 4.56. The SMILES string of the molecule is Cc1ccc(CN(CC(=O)Nc2ccc(OCc3ccccc3)cc2)S(=O)(=O)c2c(C)cc(C)cc2C)cc1. The summed E-state index contributed by atoms with van der Waals surface area (Å²) in [6, 6.07) is 28.2. The number of anilines is 1. The van der Waals surface area contributed by atoms with E-state index in [2.05, 4.69) is 5.32 Å². The Morgan fingerprint density at radius 3 is 2.00 bits per heavy atom. The third-order valence-corrected chi connectivity index (χ3v) is 8.49. The molecule has 202 valence electrons. The Labute approximate surface area is 231 Å². The van der Waals surface area contributed by atoms with Crippen molar-refractivity contribution in [2.45, 2.75) is 45.7 Å². The van der Waals surface area contributed by atoms with Crippen LogP contribution in [0.25, 0.3) is 0 Å². The van der Waals surface area contributed by atoms with Crippen LogP contribution in [-0.4, -0.2) is 25.2 Å². The summed E-state index contributed by atoms with van der Waals surface area (Å²) >= 11 is 0. The molecule has 0 atom stereocenters. The van der Waals surface area contributed by atoms with E-state index in [1.54, 1.807) is 38.1 Å². The molecular weight excluding hydrogens is 508 g/mol. The fourth-order valence-corrected chi connectivity index (χ4v) is 6.36. The molecule has 0 spiro atoms. The molecule has 1 N–H and O–H groups in total. The number of nitrogens with zero attached hydrogens (tertiary/aromatic N) is 1. The number of rotatable bonds is 10. The summed E-state index contributed by atoms with van der Waals surface area (Å²) in [6.07, 6.45) is 0. The highest BCUT2D eigenvalue weighted by Gasteiger charge is 2.30. The number of ether oxygens (including phenoxy) is 1. The molecule has 0 aliphatic carbocycles. The maximum Gasteiger partial charge on any atom is 0.244 e. The Morgan fingerprint density at radius 1 is 0.769 bits per heavy atom. The molecular formula is C32H34N2O4S. The average Bonchev–Trinajstić information content (AvgIpc) is 2.89. The molecule has 0 saturated heterocycles. The number of carbonyl (C=O) groups excluding carboxylic acids is 1. The number of aryl methyl sites for hydroxylation is 4. The summed E-state index contributed by atoms with van der Waals surface area (Å²) in [5, 5.41) is 2.83. The first-order valence-electron chi connectivity index (χ1n) is 12.8. The Morgan fingerprint density at radius 2 is 1.38 bits per heavy atom. The van der Waals surface area contributed by atoms with Gasteiger partial charge in [-0.3, -0.25) is 4.79 Å². The van der Waals surface area contributed by atoms with E-state index >= 15 is 0 Å². The molecule has 6 nitrogen and oxygen atoms in total. The van der Waals surface area contributed by atoms with Gasteiger partial charge in [-0.25, -0.2) is 8.42 Å². The van der Waals surface area contributed by atoms with Crippen molar-refractivity contribution < 1.29 is 17.9 Å². The first-order valence-corrected chi connectivity index (χ1v) is 14.3. The molecule has 4 rings (SSSR count). The van der Waals surface area contributed by atoms with Crippen LogP contribution in [0.1, 0.15) is 33.4 Å². The van der Waals surface area contributed by atoms with Gasteiger partial charge in [0.2, 0.25) is 15.9 Å². The van der Waals surface area contributed by atoms with Crippen molar-refractivity contribution in [3.8, 4) is 5.75 Å². The van der Waals surface area contributed by atoms with Crippen molar-refractivity contribution in [1.82, 2.24) is 4.31 Å². The molecule has 0 unspecified atom stereocenters. The molecule has 4 aromatic rings. The van der Waals surface area contributed by atoms with Crippen molar-refractivity contribution in [1.29, 1.82) is 0 Å². The smallest absolute Gasteiger partial charge is 0.244 e. The predicted octanol–water partition coefficient (Wildman–Crippen LogP) is 6.33. The van der Waals surface area contributed by atoms with E-state index < -0.39 is 15.9 Å². The van der Waals surface area contributed by atoms with Crippen LogP contribution in [0.3, 0.4) is 0 Å². The van der Waals surface area contributed by atoms with E-state index in [1.807, 2.05) is 80.6 Å². The highest BCUT2D eigenvalue weighted by Crippen LogP contribution is 2.27. The summed E-state index contributed by atoms with van der Waals surface area (Å²) in [5.41, 5.74) is 5.81. The van der Waals surface area contributed by atoms with E-state index in [0.29, 0.717) is 29.2 Å². The second-order valence-corrected chi connectivity index (χ2v) is 11.7. The van der Waals surface area contributed by atoms with Gasteiger partial charge < -0.3 is 10.1 Å². The first-order chi connectivity index (χ1) is 18.6. The summed E-state index contributed by atoms with van der Waals surface area (Å²) in [6.45, 7) is 7.69. The summed E-state index contributed by atoms with van der Waals surface area (Å²) in [7, 11) is -3.96. The molecule has 0 fully saturated rings. The largest absolute Gasteiger partial charge is 0.489 e. The van der Waals surface area contributed by atoms with Crippen LogP contribution in [0.5, 0.6) is 5.75 Å². The van der Waals surface area contributed by atoms with Crippen molar-refractivity contribution in [2.75, 3.05) is 11.9 Å². The molecule has 0 radical (unpaired) electrons. The number of amides is 1. The Hall–Kier alpha value is -3.94. The lowest BCUT2D eigenvalue weighted by atomic mass is 10.1. The molecule has 0 aromatic heterocycles. The van der Waals surface area contributed by atoms with Gasteiger partial charge in [-0.15, -0.1) is 0 Å². The minimum absolute atomic E-state index is 0.0784. The number of carbonyl (C=O) groups is 1. The zero-order valence-electron chi connectivity index (χ0n) is 22.8. The summed E-state index contributed by atoms with van der Waals surface area (Å²) < 4.78 is 34.9. The van der Waals surface area contributed by atoms with Crippen molar-refractivity contribution >= 4 is 21.6 Å². The van der Waals surface area contributed by atoms with Crippen LogP contribution >= 0.6 is 0 Å². The standard InChI is InChI=1S/C32H34N2O4S/c1-23-10-12-27(13-11-23)20-34(39(36,37)32-25(3)18-24(2)19-26(32)4)21-31(35)33-29-14-16-30(17-15-29)38-22-28-8-6-5-7-9-28/h5-19H,20-22H2,1-4H3,(H,33,35). The lowest BCUT2D eigenvalue weighted by Gasteiger charge is -2.24. The fraction of sp³-hybridized carbons (Fsp3) is 0.219. The second-order valence-electron chi connectivity index (χ2n) is 9.83. The van der Waals surface area contributed by atoms with E-state index in [0.717, 1.165) is 22.3 Å². The minimum atomic E-state index is -3.96. The molecule has 0 saturated carbocycles. The number of hydrogen-bond donors (Lipinski definition) is 1. The lowest BCUT2D eigenvalue weighted by molar-refractivity contribution is -0.116. The predicted molar refractivity (Wildman–Crippen MR) is 155 cm³/mol. The molecule has 0 heterocycles. The number of benzene rings is 4. The first kappa shape index (κ1) is 28.1. The molecule has 7 heteroatoms. The van der Waals surface area contributed by atoms with Crippen molar-refractivity contribution in [3.63, 3.8) is 0 Å². The molecule has 4 aromatic carbocycles. The van der Waals surface area contributed by atoms with Gasteiger partial charge in [0.05, 0.1) is 11.4 Å². The molecule has 0 aliphatic rings. The van der Waals surface area contributed by atoms with Gasteiger partial charge in [-0.2, -0.15) is 4.31 Å². The number of nitrogens with one attached hydrogen (secondary N) is 1. The van der Waals surface area contributed by atoms with Gasteiger partial charge in [-0.05, 0) is 74.2 Å². The average molecular weight is 543 g/mol. The van der Waals surface area contributed by atoms with Gasteiger partial charge in [0, 0.05) is 12.2 Å². The van der Waals surface area contributed by atoms with Crippen LogP contribution in [0.2, 0.25) is 0 Å². The molecule has 39 heavy (non-hydrogen) atoms. The van der Waals surface area contributed by atoms with Crippen LogP contribution in [0.4, 0.5) is 5.69 Å². The van der Waals surface area contributed by atoms with E-state index in [9.17, 15) is 13.2 Å². The maximum absolute atomic E-state index is 13.9. The molecule has 1 amide bonds. The van der Waals surface area contributed by atoms with Crippen molar-refractivity contribution in [3.05, 3.63) is 124 Å². The van der Waals surface area contributed by atoms with Crippen LogP contribution < -0.4 is 10.1 Å². The monoisotopic (exact) mass is 542 g/mol. The van der Waals surface area contributed by atoms with E-state index in [4.69, 9.17) is 4.74 Å². The van der Waals surface area contributed by atoms with E-state index in [1.165, 1.54) is 4.31 Å². The van der Waals surface area contributed by atoms with Gasteiger partial charge in [-0.1, -0.05) is 77.9 Å². The molecule has 0 aliphatic heterocycles. The molecule has 0 bridgehead atoms. The lowest BCUT2D eigenvalue weighted by Crippen LogP contribution is -2.38. The Balaban J connectivity index is 1.51. The quantitative estimate of drug-likeness (QED) is 0.254. The van der Waals surface area contributed by atoms with Crippen LogP contribution in [0.15, 0.2) is 95.9 Å². The third kappa shape index (κ3) is 7.34. The third-order valence-electron chi connectivity index (χ3n) is 6.39. The second kappa shape index (κ2) is 12.3. The zero-order valence-corrected chi connectivity index (χ0v) is 23.6. The van der Waals surface area contributed by atoms with Gasteiger partial charge in [0.1, 0.15) is 12.4 Å². The van der Waals surface area contributed by atoms with Gasteiger partial charge in [0.15, 0.2) is 0 Å². The summed E-state index contributed by atoms with van der Waals surface area (Å²) in [4.78, 5) is 13.4. The zero-order chi connectivity index (χ0) is 28.0. The minimum Gasteiger partial charge on any atom is -0.489 e. The van der Waals surface area contributed by atoms with Crippen molar-refractivity contribution in [2.24, 2.45) is 0 Å². The van der Waals surface area contributed by atoms with Gasteiger partial charge in [0.25, 0.3) is 0 Å². The Kier molecular flexibility index (Phi) is 8.84. The van der Waals surface area contributed by atoms with Crippen LogP contribution in [0, 0.1) is 27.7 Å². The van der Waals surface area contributed by atoms with Crippen LogP contribution in [-0.2, 0) is 28.0 Å². The summed E-state index contributed by atoms with van der Waals surface area (Å²) in [5.74, 6) is 0.247. The topological polar surface area (TPSA) is 75.7 Å². The highest BCUT2D eigenvalue weighted by atomic mass is 32.2. The number of hydrogen-bond acceptors (Lipinski definition) is 4. The highest BCUT2D eigenvalue weighted by molar-refractivity contribution is 7.89. The van der Waals surface area contributed by atoms with Gasteiger partial charge >= 0.3 is 0 Å².